The van der Waals surface area contributed by atoms with Gasteiger partial charge in [-0.25, -0.2) is 8.42 Å². The van der Waals surface area contributed by atoms with Crippen LogP contribution in [0.1, 0.15) is 11.8 Å². The maximum Gasteiger partial charge on any atom is 0.243 e. The first kappa shape index (κ1) is 21.0. The average Bonchev–Trinajstić information content (AvgIpc) is 3.28. The lowest BCUT2D eigenvalue weighted by Crippen LogP contribution is -2.48. The minimum atomic E-state index is -3.55. The van der Waals surface area contributed by atoms with Crippen LogP contribution in [0.5, 0.6) is 0 Å². The van der Waals surface area contributed by atoms with E-state index in [1.165, 1.54) is 4.31 Å². The molecule has 12 heteroatoms. The number of benzene rings is 2. The number of nitrogen functional groups attached to an aromatic ring is 1. The Balaban J connectivity index is 1.33. The van der Waals surface area contributed by atoms with Crippen LogP contribution in [0.3, 0.4) is 0 Å². The van der Waals surface area contributed by atoms with Crippen molar-refractivity contribution in [3.63, 3.8) is 0 Å². The summed E-state index contributed by atoms with van der Waals surface area (Å²) >= 11 is 0. The van der Waals surface area contributed by atoms with E-state index < -0.39 is 10.0 Å². The molecule has 1 fully saturated rings. The summed E-state index contributed by atoms with van der Waals surface area (Å²) in [6.45, 7) is 0.500. The first-order chi connectivity index (χ1) is 15.9. The summed E-state index contributed by atoms with van der Waals surface area (Å²) in [4.78, 5) is 19.1. The Kier molecular flexibility index (Phi) is 5.23. The highest BCUT2D eigenvalue weighted by Crippen LogP contribution is 2.32. The quantitative estimate of drug-likeness (QED) is 0.450. The lowest BCUT2D eigenvalue weighted by molar-refractivity contribution is 0.217. The van der Waals surface area contributed by atoms with Gasteiger partial charge in [0, 0.05) is 25.8 Å². The fraction of sp³-hybridized carbons (Fsp3) is 0.190. The molecule has 1 aliphatic rings. The molecule has 1 saturated heterocycles. The van der Waals surface area contributed by atoms with Gasteiger partial charge in [0.25, 0.3) is 0 Å². The van der Waals surface area contributed by atoms with Crippen molar-refractivity contribution >= 4 is 27.6 Å². The molecule has 0 bridgehead atoms. The highest BCUT2D eigenvalue weighted by molar-refractivity contribution is 7.89. The molecule has 3 heterocycles. The van der Waals surface area contributed by atoms with E-state index in [2.05, 4.69) is 25.1 Å². The number of para-hydroxylation sites is 1. The lowest BCUT2D eigenvalue weighted by atomic mass is 10.0. The Bertz CT molecular complexity index is 1370. The average molecular weight is 465 g/mol. The summed E-state index contributed by atoms with van der Waals surface area (Å²) in [5.74, 6) is 0.790. The van der Waals surface area contributed by atoms with Gasteiger partial charge in [-0.15, -0.1) is 0 Å². The third-order valence-corrected chi connectivity index (χ3v) is 7.15. The Morgan fingerprint density at radius 2 is 1.61 bits per heavy atom. The minimum absolute atomic E-state index is 0.0212. The Morgan fingerprint density at radius 1 is 0.939 bits per heavy atom. The standard InChI is InChI=1S/C21H20N8O3S/c1-28(15-8-4-2-5-9-15)21-25-17(24-20(22)26-21)18-23-19(32-27-18)14-12-29(13-14)33(30,31)16-10-6-3-7-11-16/h2-11,14H,12-13H2,1H3,(H2,22,24,25,26). The normalized spacial score (nSPS) is 14.7. The highest BCUT2D eigenvalue weighted by Gasteiger charge is 2.40. The number of hydrogen-bond donors (Lipinski definition) is 1. The van der Waals surface area contributed by atoms with Crippen molar-refractivity contribution in [2.24, 2.45) is 0 Å². The number of rotatable bonds is 6. The van der Waals surface area contributed by atoms with Crippen molar-refractivity contribution in [1.82, 2.24) is 29.4 Å². The smallest absolute Gasteiger partial charge is 0.243 e. The van der Waals surface area contributed by atoms with E-state index in [0.29, 0.717) is 11.8 Å². The molecule has 2 aromatic carbocycles. The molecule has 0 atom stereocenters. The second-order valence-corrected chi connectivity index (χ2v) is 9.44. The molecule has 33 heavy (non-hydrogen) atoms. The summed E-state index contributed by atoms with van der Waals surface area (Å²) in [7, 11) is -1.74. The van der Waals surface area contributed by atoms with Crippen molar-refractivity contribution in [2.45, 2.75) is 10.8 Å². The third kappa shape index (κ3) is 4.01. The van der Waals surface area contributed by atoms with Crippen LogP contribution in [0.25, 0.3) is 11.6 Å². The van der Waals surface area contributed by atoms with Crippen LogP contribution in [0.2, 0.25) is 0 Å². The zero-order valence-electron chi connectivity index (χ0n) is 17.6. The van der Waals surface area contributed by atoms with Gasteiger partial charge in [0.15, 0.2) is 0 Å². The van der Waals surface area contributed by atoms with Crippen LogP contribution in [0.4, 0.5) is 17.6 Å². The van der Waals surface area contributed by atoms with Crippen LogP contribution < -0.4 is 10.6 Å². The van der Waals surface area contributed by atoms with Gasteiger partial charge >= 0.3 is 0 Å². The van der Waals surface area contributed by atoms with Gasteiger partial charge in [-0.1, -0.05) is 41.6 Å². The Labute approximate surface area is 190 Å². The summed E-state index contributed by atoms with van der Waals surface area (Å²) in [5, 5.41) is 3.97. The molecule has 4 aromatic rings. The van der Waals surface area contributed by atoms with Gasteiger partial charge in [0.05, 0.1) is 10.8 Å². The van der Waals surface area contributed by atoms with Gasteiger partial charge in [-0.2, -0.15) is 24.2 Å². The maximum atomic E-state index is 12.7. The van der Waals surface area contributed by atoms with Gasteiger partial charge < -0.3 is 15.2 Å². The number of nitrogens with two attached hydrogens (primary N) is 1. The zero-order chi connectivity index (χ0) is 23.0. The third-order valence-electron chi connectivity index (χ3n) is 5.30. The van der Waals surface area contributed by atoms with Crippen LogP contribution in [0.15, 0.2) is 70.1 Å². The van der Waals surface area contributed by atoms with E-state index in [0.717, 1.165) is 5.69 Å². The van der Waals surface area contributed by atoms with Crippen molar-refractivity contribution in [2.75, 3.05) is 30.8 Å². The fourth-order valence-electron chi connectivity index (χ4n) is 3.42. The van der Waals surface area contributed by atoms with Crippen molar-refractivity contribution in [3.8, 4) is 11.6 Å². The predicted octanol–water partition coefficient (Wildman–Crippen LogP) is 2.06. The van der Waals surface area contributed by atoms with E-state index in [9.17, 15) is 8.42 Å². The van der Waals surface area contributed by atoms with E-state index in [1.807, 2.05) is 37.4 Å². The van der Waals surface area contributed by atoms with Gasteiger partial charge in [0.1, 0.15) is 0 Å². The number of aromatic nitrogens is 5. The lowest BCUT2D eigenvalue weighted by Gasteiger charge is -2.35. The molecule has 11 nitrogen and oxygen atoms in total. The molecule has 5 rings (SSSR count). The Morgan fingerprint density at radius 3 is 2.30 bits per heavy atom. The molecule has 0 amide bonds. The second-order valence-electron chi connectivity index (χ2n) is 7.50. The number of nitrogens with zero attached hydrogens (tertiary/aromatic N) is 7. The van der Waals surface area contributed by atoms with Crippen LogP contribution >= 0.6 is 0 Å². The molecular formula is C21H20N8O3S. The molecule has 0 aliphatic carbocycles. The summed E-state index contributed by atoms with van der Waals surface area (Å²) < 4.78 is 32.1. The summed E-state index contributed by atoms with van der Waals surface area (Å²) in [6.07, 6.45) is 0. The van der Waals surface area contributed by atoms with Gasteiger partial charge in [-0.05, 0) is 24.3 Å². The van der Waals surface area contributed by atoms with Crippen LogP contribution in [-0.4, -0.2) is 58.0 Å². The van der Waals surface area contributed by atoms with E-state index in [-0.39, 0.29) is 41.5 Å². The molecule has 1 aliphatic heterocycles. The maximum absolute atomic E-state index is 12.7. The van der Waals surface area contributed by atoms with E-state index in [1.54, 1.807) is 35.2 Å². The molecule has 0 radical (unpaired) electrons. The van der Waals surface area contributed by atoms with Crippen molar-refractivity contribution < 1.29 is 12.9 Å². The number of hydrogen-bond acceptors (Lipinski definition) is 10. The molecule has 2 N–H and O–H groups in total. The molecule has 0 unspecified atom stereocenters. The van der Waals surface area contributed by atoms with Gasteiger partial charge in [0.2, 0.25) is 39.5 Å². The minimum Gasteiger partial charge on any atom is -0.368 e. The van der Waals surface area contributed by atoms with E-state index in [4.69, 9.17) is 10.3 Å². The molecule has 2 aromatic heterocycles. The molecule has 0 spiro atoms. The topological polar surface area (TPSA) is 144 Å². The number of sulfonamides is 1. The summed E-state index contributed by atoms with van der Waals surface area (Å²) in [5.41, 5.74) is 6.76. The Hall–Kier alpha value is -3.90. The first-order valence-corrected chi connectivity index (χ1v) is 11.6. The molecule has 168 valence electrons. The first-order valence-electron chi connectivity index (χ1n) is 10.1. The highest BCUT2D eigenvalue weighted by atomic mass is 32.2. The SMILES string of the molecule is CN(c1ccccc1)c1nc(N)nc(-c2noc(C3CN(S(=O)(=O)c4ccccc4)C3)n2)n1. The van der Waals surface area contributed by atoms with Crippen molar-refractivity contribution in [3.05, 3.63) is 66.6 Å². The van der Waals surface area contributed by atoms with Crippen molar-refractivity contribution in [1.29, 1.82) is 0 Å². The monoisotopic (exact) mass is 464 g/mol. The zero-order valence-corrected chi connectivity index (χ0v) is 18.4. The largest absolute Gasteiger partial charge is 0.368 e. The second kappa shape index (κ2) is 8.22. The van der Waals surface area contributed by atoms with Crippen LogP contribution in [0, 0.1) is 0 Å². The summed E-state index contributed by atoms with van der Waals surface area (Å²) in [6, 6.07) is 17.9. The van der Waals surface area contributed by atoms with Gasteiger partial charge in [-0.3, -0.25) is 0 Å². The van der Waals surface area contributed by atoms with E-state index >= 15 is 0 Å². The number of anilines is 3. The fourth-order valence-corrected chi connectivity index (χ4v) is 4.97. The molecular weight excluding hydrogens is 444 g/mol. The predicted molar refractivity (Wildman–Crippen MR) is 120 cm³/mol. The van der Waals surface area contributed by atoms with Crippen LogP contribution in [-0.2, 0) is 10.0 Å². The molecule has 0 saturated carbocycles.